The van der Waals surface area contributed by atoms with E-state index in [1.165, 1.54) is 16.3 Å². The molecule has 0 saturated heterocycles. The molecule has 5 aromatic rings. The monoisotopic (exact) mass is 685 g/mol. The summed E-state index contributed by atoms with van der Waals surface area (Å²) in [5, 5.41) is 29.0. The molecule has 0 aliphatic heterocycles. The maximum Gasteiger partial charge on any atom is 0.299 e. The summed E-state index contributed by atoms with van der Waals surface area (Å²) >= 11 is 0. The molecule has 3 aromatic carbocycles. The Kier molecular flexibility index (Phi) is 25.8. The van der Waals surface area contributed by atoms with Crippen molar-refractivity contribution < 1.29 is 5.11 Å². The average molecular weight is 686 g/mol. The highest BCUT2D eigenvalue weighted by Crippen LogP contribution is 2.25. The Morgan fingerprint density at radius 3 is 1.32 bits per heavy atom. The molecule has 50 heavy (non-hydrogen) atoms. The zero-order chi connectivity index (χ0) is 38.6. The molecule has 2 aromatic heterocycles. The first-order chi connectivity index (χ1) is 24.3. The highest BCUT2D eigenvalue weighted by Gasteiger charge is 2.14. The van der Waals surface area contributed by atoms with Gasteiger partial charge in [-0.25, -0.2) is 4.68 Å². The normalized spacial score (nSPS) is 9.48. The van der Waals surface area contributed by atoms with Crippen LogP contribution in [-0.4, -0.2) is 19.5 Å². The average Bonchev–Trinajstić information content (AvgIpc) is 3.49. The Hall–Kier alpha value is -5.38. The number of para-hydroxylation sites is 1. The summed E-state index contributed by atoms with van der Waals surface area (Å²) in [6.07, 6.45) is 0. The van der Waals surface area contributed by atoms with Gasteiger partial charge in [0.1, 0.15) is 0 Å². The van der Waals surface area contributed by atoms with Crippen LogP contribution in [0.2, 0.25) is 0 Å². The van der Waals surface area contributed by atoms with Crippen molar-refractivity contribution in [1.29, 1.82) is 0 Å². The second-order valence-corrected chi connectivity index (χ2v) is 8.92. The number of H-pyrrole nitrogens is 1. The van der Waals surface area contributed by atoms with Crippen LogP contribution in [0.25, 0.3) is 5.69 Å². The van der Waals surface area contributed by atoms with Gasteiger partial charge in [-0.2, -0.15) is 10.2 Å². The molecule has 5 rings (SSSR count). The first-order valence-electron chi connectivity index (χ1n) is 17.5. The first-order valence-corrected chi connectivity index (χ1v) is 17.5. The Morgan fingerprint density at radius 1 is 0.520 bits per heavy atom. The lowest BCUT2D eigenvalue weighted by Gasteiger charge is -2.09. The van der Waals surface area contributed by atoms with Crippen molar-refractivity contribution in [2.45, 2.75) is 90.0 Å². The van der Waals surface area contributed by atoms with E-state index >= 15 is 0 Å². The lowest BCUT2D eigenvalue weighted by atomic mass is 10.1. The van der Waals surface area contributed by atoms with Crippen LogP contribution in [0.1, 0.15) is 86.1 Å². The predicted molar refractivity (Wildman–Crippen MR) is 212 cm³/mol. The van der Waals surface area contributed by atoms with Crippen molar-refractivity contribution in [2.24, 2.45) is 27.5 Å². The van der Waals surface area contributed by atoms with E-state index in [0.717, 1.165) is 5.69 Å². The lowest BCUT2D eigenvalue weighted by Crippen LogP contribution is -2.18. The van der Waals surface area contributed by atoms with Crippen LogP contribution >= 0.6 is 0 Å². The summed E-state index contributed by atoms with van der Waals surface area (Å²) in [4.78, 5) is 24.4. The van der Waals surface area contributed by atoms with Crippen LogP contribution in [0.4, 0.5) is 22.7 Å². The van der Waals surface area contributed by atoms with Crippen LogP contribution in [-0.2, 0) is 7.05 Å². The molecule has 0 spiro atoms. The second-order valence-electron chi connectivity index (χ2n) is 8.92. The summed E-state index contributed by atoms with van der Waals surface area (Å²) < 4.78 is 2.64. The number of nitrogens with zero attached hydrogens (tertiary/aromatic N) is 6. The maximum atomic E-state index is 12.4. The van der Waals surface area contributed by atoms with Crippen LogP contribution in [0.15, 0.2) is 121 Å². The molecule has 2 N–H and O–H groups in total. The fraction of sp³-hybridized carbons (Fsp3) is 0.350. The van der Waals surface area contributed by atoms with E-state index < -0.39 is 0 Å². The van der Waals surface area contributed by atoms with E-state index in [1.54, 1.807) is 32.9 Å². The topological polar surface area (TPSA) is 129 Å². The summed E-state index contributed by atoms with van der Waals surface area (Å²) in [7, 11) is 1.51. The minimum absolute atomic E-state index is 0.0406. The summed E-state index contributed by atoms with van der Waals surface area (Å²) in [5.41, 5.74) is 4.11. The third-order valence-electron chi connectivity index (χ3n) is 6.18. The van der Waals surface area contributed by atoms with Gasteiger partial charge in [0.2, 0.25) is 0 Å². The number of aromatic amines is 1. The molecule has 0 aliphatic rings. The highest BCUT2D eigenvalue weighted by atomic mass is 16.3. The third kappa shape index (κ3) is 14.0. The van der Waals surface area contributed by atoms with Gasteiger partial charge >= 0.3 is 0 Å². The van der Waals surface area contributed by atoms with Crippen molar-refractivity contribution >= 4 is 22.7 Å². The molecular formula is C40H59N7O3. The van der Waals surface area contributed by atoms with Gasteiger partial charge in [-0.15, -0.1) is 10.2 Å². The van der Waals surface area contributed by atoms with Crippen molar-refractivity contribution in [2.75, 3.05) is 0 Å². The van der Waals surface area contributed by atoms with E-state index in [0.29, 0.717) is 33.9 Å². The van der Waals surface area contributed by atoms with E-state index in [1.807, 2.05) is 148 Å². The molecular weight excluding hydrogens is 626 g/mol. The standard InChI is InChI=1S/C16H14N4O.C14H15N3O2.5C2H6/c1-12-15(18-17-13-8-4-2-5-9-13)16(21)20(19-12)14-10-6-3-7-11-14;1-9-10(2)13(18)17(3)14(19)12(9)16-15-11-7-5-4-6-8-11;5*1-2/h2-11,19H,1H3;4-8,18H,1-3H3;5*1-2H3. The predicted octanol–water partition coefficient (Wildman–Crippen LogP) is 12.1. The zero-order valence-electron chi connectivity index (χ0n) is 32.6. The van der Waals surface area contributed by atoms with E-state index in [9.17, 15) is 14.7 Å². The number of hydrogen-bond donors (Lipinski definition) is 2. The minimum Gasteiger partial charge on any atom is -0.494 e. The maximum absolute atomic E-state index is 12.4. The summed E-state index contributed by atoms with van der Waals surface area (Å²) in [6.45, 7) is 25.3. The molecule has 0 amide bonds. The van der Waals surface area contributed by atoms with Crippen molar-refractivity contribution in [3.8, 4) is 11.6 Å². The van der Waals surface area contributed by atoms with Gasteiger partial charge in [-0.1, -0.05) is 124 Å². The molecule has 10 heteroatoms. The Morgan fingerprint density at radius 2 is 0.900 bits per heavy atom. The first kappa shape index (κ1) is 46.7. The van der Waals surface area contributed by atoms with Gasteiger partial charge in [0.15, 0.2) is 17.3 Å². The number of pyridine rings is 1. The largest absolute Gasteiger partial charge is 0.494 e. The molecule has 2 heterocycles. The summed E-state index contributed by atoms with van der Waals surface area (Å²) in [6, 6.07) is 27.9. The fourth-order valence-corrected chi connectivity index (χ4v) is 3.75. The fourth-order valence-electron chi connectivity index (χ4n) is 3.75. The second kappa shape index (κ2) is 27.6. The minimum atomic E-state index is -0.361. The van der Waals surface area contributed by atoms with Crippen molar-refractivity contribution in [3.05, 3.63) is 129 Å². The lowest BCUT2D eigenvalue weighted by molar-refractivity contribution is 0.418. The smallest absolute Gasteiger partial charge is 0.299 e. The summed E-state index contributed by atoms with van der Waals surface area (Å²) in [5.74, 6) is -0.0406. The van der Waals surface area contributed by atoms with Crippen LogP contribution < -0.4 is 11.1 Å². The van der Waals surface area contributed by atoms with Crippen molar-refractivity contribution in [1.82, 2.24) is 14.3 Å². The molecule has 0 radical (unpaired) electrons. The quantitative estimate of drug-likeness (QED) is 0.179. The number of rotatable bonds is 5. The van der Waals surface area contributed by atoms with Gasteiger partial charge in [0.05, 0.1) is 22.8 Å². The highest BCUT2D eigenvalue weighted by molar-refractivity contribution is 5.51. The number of aromatic nitrogens is 3. The van der Waals surface area contributed by atoms with E-state index in [2.05, 4.69) is 25.6 Å². The Bertz CT molecular complexity index is 1770. The third-order valence-corrected chi connectivity index (χ3v) is 6.18. The Balaban J connectivity index is 0. The van der Waals surface area contributed by atoms with Crippen LogP contribution in [0.5, 0.6) is 5.88 Å². The van der Waals surface area contributed by atoms with Gasteiger partial charge in [0, 0.05) is 12.6 Å². The molecule has 0 aliphatic carbocycles. The van der Waals surface area contributed by atoms with Crippen LogP contribution in [0.3, 0.4) is 0 Å². The molecule has 0 fully saturated rings. The molecule has 10 nitrogen and oxygen atoms in total. The number of aryl methyl sites for hydroxylation is 1. The van der Waals surface area contributed by atoms with E-state index in [-0.39, 0.29) is 22.7 Å². The molecule has 0 saturated carbocycles. The molecule has 0 atom stereocenters. The number of aromatic hydroxyl groups is 1. The molecule has 272 valence electrons. The molecule has 0 bridgehead atoms. The van der Waals surface area contributed by atoms with Gasteiger partial charge < -0.3 is 5.11 Å². The Labute approximate surface area is 299 Å². The number of azo groups is 2. The molecule has 0 unspecified atom stereocenters. The van der Waals surface area contributed by atoms with Crippen LogP contribution in [0, 0.1) is 20.8 Å². The SMILES string of the molecule is CC.CC.CC.CC.CC.Cc1[nH]n(-c2ccccc2)c(=O)c1N=Nc1ccccc1.Cc1c(C)c(O)n(C)c(=O)c1N=Nc1ccccc1. The van der Waals surface area contributed by atoms with Gasteiger partial charge in [0.25, 0.3) is 11.1 Å². The number of nitrogens with one attached hydrogen (secondary N) is 1. The van der Waals surface area contributed by atoms with Crippen molar-refractivity contribution in [3.63, 3.8) is 0 Å². The number of benzene rings is 3. The number of hydrogen-bond acceptors (Lipinski definition) is 7. The van der Waals surface area contributed by atoms with Gasteiger partial charge in [-0.3, -0.25) is 19.3 Å². The van der Waals surface area contributed by atoms with Gasteiger partial charge in [-0.05, 0) is 62.7 Å². The van der Waals surface area contributed by atoms with E-state index in [4.69, 9.17) is 0 Å². The zero-order valence-corrected chi connectivity index (χ0v) is 32.6.